The molecule has 0 atom stereocenters. The van der Waals surface area contributed by atoms with Crippen molar-refractivity contribution >= 4 is 124 Å². The van der Waals surface area contributed by atoms with E-state index in [0.717, 1.165) is 0 Å². The molecule has 32 nitrogen and oxygen atoms in total. The highest BCUT2D eigenvalue weighted by Crippen LogP contribution is 2.52. The van der Waals surface area contributed by atoms with Crippen LogP contribution < -0.4 is 0 Å². The van der Waals surface area contributed by atoms with E-state index in [-0.39, 0.29) is 48.5 Å². The molecule has 14 bridgehead atoms. The molecule has 0 fully saturated rings. The molecule has 16 N–H and O–H groups in total. The number of rotatable bonds is 8. The third-order valence-corrected chi connectivity index (χ3v) is 21.1. The third kappa shape index (κ3) is 10.0. The molecule has 0 heterocycles. The zero-order valence-electron chi connectivity index (χ0n) is 40.4. The molecule has 0 aliphatic heterocycles. The van der Waals surface area contributed by atoms with Gasteiger partial charge in [0, 0.05) is 69.8 Å². The van der Waals surface area contributed by atoms with Crippen LogP contribution in [0.25, 0.3) is 43.1 Å². The predicted octanol–water partition coefficient (Wildman–Crippen LogP) is 2.59. The Bertz CT molecular complexity index is 5090. The van der Waals surface area contributed by atoms with Gasteiger partial charge in [-0.05, 0) is 70.4 Å². The lowest BCUT2D eigenvalue weighted by Crippen LogP contribution is -2.12. The first-order valence-corrected chi connectivity index (χ1v) is 33.5. The van der Waals surface area contributed by atoms with Crippen molar-refractivity contribution < 1.29 is 145 Å². The largest absolute Gasteiger partial charge is 0.507 e. The quantitative estimate of drug-likeness (QED) is 0.0972. The van der Waals surface area contributed by atoms with E-state index in [1.54, 1.807) is 0 Å². The minimum absolute atomic E-state index is 0.0374. The lowest BCUT2D eigenvalue weighted by molar-refractivity contribution is 0.444. The standard InChI is InChI=1S/C44H32O32S8/c45-25-3-15-1-17-27(77(53,54)55)5-13-7-29(79(59,60)61)19(39(49)33(13)37(17)47)9-22-32(82(68,69)70)12-24-36(42(22)52)26(46)4-16(44(24)84(74,75)76)2-18-28(78(56,57)58)6-14-8-30(80(62,63)64)20(40(50)34(14)38(18)48)10-21-31(81(65,66)67)11-23(35(25)41(21)51)43(15)83(71,72)73/h3-8,11-12,45-52H,1-2,9-10H2,(H,53,54,55)(H,56,57,58)(H,59,60,61)(H,62,63,64)(H,65,66,67)(H,68,69,70)(H,71,72,73)(H,74,75,76). The molecule has 0 unspecified atom stereocenters. The molecule has 0 saturated carbocycles. The summed E-state index contributed by atoms with van der Waals surface area (Å²) in [5.74, 6) is -13.3. The van der Waals surface area contributed by atoms with Crippen LogP contribution in [0.1, 0.15) is 44.5 Å². The van der Waals surface area contributed by atoms with Crippen molar-refractivity contribution in [1.82, 2.24) is 0 Å². The molecule has 448 valence electrons. The Morgan fingerprint density at radius 3 is 0.667 bits per heavy atom. The highest BCUT2D eigenvalue weighted by Gasteiger charge is 2.38. The minimum Gasteiger partial charge on any atom is -0.507 e. The van der Waals surface area contributed by atoms with Crippen molar-refractivity contribution in [2.45, 2.75) is 64.8 Å². The molecule has 0 aromatic heterocycles. The van der Waals surface area contributed by atoms with Crippen LogP contribution in [0, 0.1) is 0 Å². The Hall–Kier alpha value is -7.52. The fraction of sp³-hybridized carbons (Fsp3) is 0.0909. The van der Waals surface area contributed by atoms with Crippen LogP contribution in [0.15, 0.2) is 87.7 Å². The monoisotopic (exact) mass is 1330 g/mol. The Morgan fingerprint density at radius 1 is 0.250 bits per heavy atom. The van der Waals surface area contributed by atoms with Crippen LogP contribution in [0.5, 0.6) is 46.0 Å². The number of benzene rings is 8. The van der Waals surface area contributed by atoms with E-state index in [1.165, 1.54) is 0 Å². The van der Waals surface area contributed by atoms with Crippen LogP contribution in [-0.4, -0.2) is 145 Å². The van der Waals surface area contributed by atoms with Gasteiger partial charge in [-0.15, -0.1) is 0 Å². The second-order valence-corrected chi connectivity index (χ2v) is 29.6. The summed E-state index contributed by atoms with van der Waals surface area (Å²) in [6.07, 6.45) is -6.72. The van der Waals surface area contributed by atoms with E-state index >= 15 is 0 Å². The number of aromatic hydroxyl groups is 8. The lowest BCUT2D eigenvalue weighted by atomic mass is 9.91. The SMILES string of the molecule is O=S(=O)(O)c1cc2cc(S(=O)(=O)O)c3c(O)c2c(O)c1Cc1cc(O)c2c(O)c(c(S(=O)(=O)O)cc2c1S(=O)(=O)O)Cc1c(S(=O)(=O)O)cc2cc(S(=O)(=O)O)c(c(O)c2c1O)Cc1cc(O)c2c(O)c(c(S(=O)(=O)O)cc2c1S(=O)(=O)O)C3. The minimum atomic E-state index is -6.08. The Balaban J connectivity index is 1.58. The van der Waals surface area contributed by atoms with Crippen molar-refractivity contribution in [2.75, 3.05) is 0 Å². The summed E-state index contributed by atoms with van der Waals surface area (Å²) in [7, 11) is -47.9. The van der Waals surface area contributed by atoms with Crippen LogP contribution in [0.3, 0.4) is 0 Å². The van der Waals surface area contributed by atoms with Gasteiger partial charge in [0.25, 0.3) is 80.9 Å². The predicted molar refractivity (Wildman–Crippen MR) is 279 cm³/mol. The van der Waals surface area contributed by atoms with Gasteiger partial charge >= 0.3 is 0 Å². The van der Waals surface area contributed by atoms with Crippen molar-refractivity contribution in [2.24, 2.45) is 0 Å². The molecule has 84 heavy (non-hydrogen) atoms. The van der Waals surface area contributed by atoms with Gasteiger partial charge in [0.05, 0.1) is 21.5 Å². The summed E-state index contributed by atoms with van der Waals surface area (Å²) < 4.78 is 297. The average Bonchev–Trinajstić information content (AvgIpc) is 0.801. The van der Waals surface area contributed by atoms with E-state index in [0.29, 0.717) is 0 Å². The zero-order valence-corrected chi connectivity index (χ0v) is 46.9. The average molecular weight is 1330 g/mol. The number of phenolic OH excluding ortho intramolecular Hbond substituents is 8. The first-order valence-electron chi connectivity index (χ1n) is 22.0. The summed E-state index contributed by atoms with van der Waals surface area (Å²) >= 11 is 0. The summed E-state index contributed by atoms with van der Waals surface area (Å²) in [5.41, 5.74) is -10.8. The topological polar surface area (TPSA) is 597 Å². The molecule has 8 aromatic rings. The molecule has 8 aliphatic carbocycles. The normalized spacial score (nSPS) is 14.2. The van der Waals surface area contributed by atoms with Gasteiger partial charge in [0.15, 0.2) is 0 Å². The van der Waals surface area contributed by atoms with E-state index in [4.69, 9.17) is 0 Å². The van der Waals surface area contributed by atoms with Gasteiger partial charge in [-0.25, -0.2) is 0 Å². The maximum atomic E-state index is 13.5. The molecular formula is C44H32O32S8. The van der Waals surface area contributed by atoms with Gasteiger partial charge in [0.1, 0.15) is 85.2 Å². The zero-order chi connectivity index (χ0) is 63.0. The van der Waals surface area contributed by atoms with Gasteiger partial charge in [0.2, 0.25) is 0 Å². The molecule has 0 saturated heterocycles. The summed E-state index contributed by atoms with van der Waals surface area (Å²) in [6, 6.07) is 1.43. The smallest absolute Gasteiger partial charge is 0.295 e. The maximum absolute atomic E-state index is 13.5. The van der Waals surface area contributed by atoms with E-state index in [9.17, 15) is 145 Å². The summed E-state index contributed by atoms with van der Waals surface area (Å²) in [5, 5.41) is 84.7. The Kier molecular flexibility index (Phi) is 13.8. The fourth-order valence-electron chi connectivity index (χ4n) is 10.3. The van der Waals surface area contributed by atoms with Crippen molar-refractivity contribution in [1.29, 1.82) is 0 Å². The highest BCUT2D eigenvalue weighted by molar-refractivity contribution is 7.88. The molecule has 0 spiro atoms. The van der Waals surface area contributed by atoms with Gasteiger partial charge in [-0.1, -0.05) is 0 Å². The van der Waals surface area contributed by atoms with Crippen LogP contribution >= 0.6 is 0 Å². The number of hydrogen-bond acceptors (Lipinski definition) is 24. The molecular weight excluding hydrogens is 1300 g/mol. The van der Waals surface area contributed by atoms with Gasteiger partial charge in [-0.3, -0.25) is 36.4 Å². The van der Waals surface area contributed by atoms with Crippen molar-refractivity contribution in [3.8, 4) is 46.0 Å². The molecule has 0 radical (unpaired) electrons. The van der Waals surface area contributed by atoms with Crippen molar-refractivity contribution in [3.05, 3.63) is 93.0 Å². The summed E-state index contributed by atoms with van der Waals surface area (Å²) in [6.45, 7) is 0. The summed E-state index contributed by atoms with van der Waals surface area (Å²) in [4.78, 5) is -13.3. The van der Waals surface area contributed by atoms with E-state index < -0.39 is 279 Å². The van der Waals surface area contributed by atoms with Crippen molar-refractivity contribution in [3.63, 3.8) is 0 Å². The Morgan fingerprint density at radius 2 is 0.452 bits per heavy atom. The third-order valence-electron chi connectivity index (χ3n) is 13.6. The van der Waals surface area contributed by atoms with Crippen LogP contribution in [0.4, 0.5) is 0 Å². The second kappa shape index (κ2) is 19.0. The Labute approximate surface area is 469 Å². The first kappa shape index (κ1) is 61.1. The first-order chi connectivity index (χ1) is 38.1. The molecule has 16 rings (SSSR count). The molecule has 8 aliphatic rings. The van der Waals surface area contributed by atoms with Crippen LogP contribution in [-0.2, 0) is 107 Å². The molecule has 40 heteroatoms. The lowest BCUT2D eigenvalue weighted by Gasteiger charge is -2.22. The maximum Gasteiger partial charge on any atom is 0.295 e. The number of hydrogen-bond donors (Lipinski definition) is 16. The van der Waals surface area contributed by atoms with Gasteiger partial charge in [-0.2, -0.15) is 67.3 Å². The number of phenols is 8. The van der Waals surface area contributed by atoms with Crippen LogP contribution in [0.2, 0.25) is 0 Å². The second-order valence-electron chi connectivity index (χ2n) is 18.5. The van der Waals surface area contributed by atoms with E-state index in [1.807, 2.05) is 0 Å². The van der Waals surface area contributed by atoms with E-state index in [2.05, 4.69) is 0 Å². The highest BCUT2D eigenvalue weighted by atomic mass is 32.2. The molecule has 8 aromatic carbocycles. The van der Waals surface area contributed by atoms with Gasteiger partial charge < -0.3 is 40.9 Å². The molecule has 0 amide bonds. The fourth-order valence-corrected chi connectivity index (χ4v) is 16.7.